The van der Waals surface area contributed by atoms with Crippen molar-refractivity contribution >= 4 is 11.9 Å². The van der Waals surface area contributed by atoms with E-state index < -0.39 is 24.0 Å². The van der Waals surface area contributed by atoms with E-state index in [-0.39, 0.29) is 41.6 Å². The van der Waals surface area contributed by atoms with E-state index in [0.717, 1.165) is 5.56 Å². The highest BCUT2D eigenvalue weighted by molar-refractivity contribution is 5.74. The number of aliphatic carboxylic acids is 2. The summed E-state index contributed by atoms with van der Waals surface area (Å²) in [5, 5.41) is 53.0. The summed E-state index contributed by atoms with van der Waals surface area (Å²) in [4.78, 5) is 25.1. The second-order valence-corrected chi connectivity index (χ2v) is 7.37. The Morgan fingerprint density at radius 1 is 0.694 bits per heavy atom. The minimum Gasteiger partial charge on any atom is -0.508 e. The first-order chi connectivity index (χ1) is 16.9. The van der Waals surface area contributed by atoms with Gasteiger partial charge in [0.25, 0.3) is 0 Å². The van der Waals surface area contributed by atoms with E-state index in [1.54, 1.807) is 30.3 Å². The molecule has 0 radical (unpaired) electrons. The van der Waals surface area contributed by atoms with Crippen LogP contribution in [-0.4, -0.2) is 54.7 Å². The zero-order valence-electron chi connectivity index (χ0n) is 19.1. The molecule has 0 aliphatic rings. The maximum atomic E-state index is 10.4. The van der Waals surface area contributed by atoms with E-state index in [1.807, 2.05) is 0 Å². The Morgan fingerprint density at radius 2 is 1.19 bits per heavy atom. The molecule has 12 N–H and O–H groups in total. The number of para-hydroxylation sites is 2. The van der Waals surface area contributed by atoms with Gasteiger partial charge in [0.05, 0.1) is 0 Å². The summed E-state index contributed by atoms with van der Waals surface area (Å²) in [5.41, 5.74) is 12.0. The van der Waals surface area contributed by atoms with Gasteiger partial charge >= 0.3 is 11.9 Å². The Morgan fingerprint density at radius 3 is 1.64 bits per heavy atom. The van der Waals surface area contributed by atoms with Crippen molar-refractivity contribution in [1.29, 1.82) is 0 Å². The molecule has 0 bridgehead atoms. The molecule has 0 aliphatic carbocycles. The molecule has 12 heteroatoms. The number of carboxylic acids is 2. The average Bonchev–Trinajstić information content (AvgIpc) is 2.84. The molecule has 3 aromatic rings. The van der Waals surface area contributed by atoms with Gasteiger partial charge in [-0.1, -0.05) is 30.3 Å². The van der Waals surface area contributed by atoms with Crippen LogP contribution < -0.4 is 22.2 Å². The van der Waals surface area contributed by atoms with Gasteiger partial charge < -0.3 is 46.9 Å². The first-order valence-corrected chi connectivity index (χ1v) is 10.3. The van der Waals surface area contributed by atoms with Gasteiger partial charge in [-0.3, -0.25) is 9.59 Å². The van der Waals surface area contributed by atoms with E-state index >= 15 is 0 Å². The van der Waals surface area contributed by atoms with Gasteiger partial charge in [0.1, 0.15) is 17.8 Å². The fourth-order valence-corrected chi connectivity index (χ4v) is 2.57. The summed E-state index contributed by atoms with van der Waals surface area (Å²) >= 11 is 0. The number of nitrogens with two attached hydrogens (primary N) is 3. The van der Waals surface area contributed by atoms with E-state index in [2.05, 4.69) is 4.84 Å². The Hall–Kier alpha value is -4.52. The molecule has 3 rings (SSSR count). The maximum Gasteiger partial charge on any atom is 0.320 e. The molecule has 0 saturated carbocycles. The van der Waals surface area contributed by atoms with Crippen LogP contribution in [0.25, 0.3) is 0 Å². The molecule has 0 saturated heterocycles. The number of carboxylic acid groups (broad SMARTS) is 2. The lowest BCUT2D eigenvalue weighted by atomic mass is 10.1. The minimum atomic E-state index is -1.10. The molecule has 3 aromatic carbocycles. The van der Waals surface area contributed by atoms with Crippen molar-refractivity contribution in [2.45, 2.75) is 24.9 Å². The molecule has 0 fully saturated rings. The lowest BCUT2D eigenvalue weighted by molar-refractivity contribution is -0.139. The van der Waals surface area contributed by atoms with Crippen LogP contribution in [0.15, 0.2) is 66.7 Å². The summed E-state index contributed by atoms with van der Waals surface area (Å²) in [6, 6.07) is 15.0. The lowest BCUT2D eigenvalue weighted by Gasteiger charge is -2.06. The third-order valence-electron chi connectivity index (χ3n) is 4.51. The SMILES string of the molecule is NOc1ccccc1O.N[C@@H](Cc1ccc(O)c(O)c1)C(=O)O.N[C@@H](Cc1ccc(O)cc1)C(=O)O. The Kier molecular flexibility index (Phi) is 12.0. The third-order valence-corrected chi connectivity index (χ3v) is 4.51. The summed E-state index contributed by atoms with van der Waals surface area (Å²) in [6.45, 7) is 0. The number of aromatic hydroxyl groups is 4. The van der Waals surface area contributed by atoms with E-state index in [9.17, 15) is 9.59 Å². The van der Waals surface area contributed by atoms with Crippen LogP contribution >= 0.6 is 0 Å². The van der Waals surface area contributed by atoms with Crippen molar-refractivity contribution in [1.82, 2.24) is 0 Å². The number of hydrogen-bond acceptors (Lipinski definition) is 10. The first-order valence-electron chi connectivity index (χ1n) is 10.3. The minimum absolute atomic E-state index is 0.0556. The molecular weight excluding hydrogens is 474 g/mol. The van der Waals surface area contributed by atoms with Crippen molar-refractivity contribution in [3.63, 3.8) is 0 Å². The second-order valence-electron chi connectivity index (χ2n) is 7.37. The van der Waals surface area contributed by atoms with Gasteiger partial charge in [0.2, 0.25) is 0 Å². The fourth-order valence-electron chi connectivity index (χ4n) is 2.57. The van der Waals surface area contributed by atoms with Gasteiger partial charge in [-0.05, 0) is 60.4 Å². The van der Waals surface area contributed by atoms with Crippen molar-refractivity contribution in [2.75, 3.05) is 0 Å². The smallest absolute Gasteiger partial charge is 0.320 e. The highest BCUT2D eigenvalue weighted by Crippen LogP contribution is 2.25. The number of benzene rings is 3. The Bertz CT molecular complexity index is 1120. The Balaban J connectivity index is 0.000000276. The van der Waals surface area contributed by atoms with Crippen LogP contribution in [0.5, 0.6) is 28.7 Å². The van der Waals surface area contributed by atoms with Crippen molar-refractivity contribution in [3.8, 4) is 28.7 Å². The number of rotatable bonds is 7. The van der Waals surface area contributed by atoms with Crippen LogP contribution in [0.1, 0.15) is 11.1 Å². The summed E-state index contributed by atoms with van der Waals surface area (Å²) in [6.07, 6.45) is 0.388. The third kappa shape index (κ3) is 10.6. The van der Waals surface area contributed by atoms with Crippen LogP contribution in [0.3, 0.4) is 0 Å². The van der Waals surface area contributed by atoms with Crippen molar-refractivity contribution in [2.24, 2.45) is 17.4 Å². The van der Waals surface area contributed by atoms with Gasteiger partial charge in [0.15, 0.2) is 23.0 Å². The van der Waals surface area contributed by atoms with Crippen LogP contribution in [0.4, 0.5) is 0 Å². The average molecular weight is 504 g/mol. The number of phenolic OH excluding ortho intramolecular Hbond substituents is 4. The zero-order valence-corrected chi connectivity index (χ0v) is 19.1. The second kappa shape index (κ2) is 14.7. The van der Waals surface area contributed by atoms with E-state index in [0.29, 0.717) is 5.56 Å². The predicted octanol–water partition coefficient (Wildman–Crippen LogP) is 1.04. The summed E-state index contributed by atoms with van der Waals surface area (Å²) in [5.74, 6) is 2.66. The normalized spacial score (nSPS) is 11.5. The van der Waals surface area contributed by atoms with Gasteiger partial charge in [-0.15, -0.1) is 0 Å². The Labute approximate surface area is 206 Å². The summed E-state index contributed by atoms with van der Waals surface area (Å²) in [7, 11) is 0. The molecule has 0 spiro atoms. The topological polar surface area (TPSA) is 243 Å². The van der Waals surface area contributed by atoms with Gasteiger partial charge in [-0.25, -0.2) is 0 Å². The van der Waals surface area contributed by atoms with Crippen LogP contribution in [0.2, 0.25) is 0 Å². The monoisotopic (exact) mass is 503 g/mol. The number of phenols is 4. The lowest BCUT2D eigenvalue weighted by Crippen LogP contribution is -2.32. The van der Waals surface area contributed by atoms with Crippen LogP contribution in [0, 0.1) is 0 Å². The van der Waals surface area contributed by atoms with Crippen LogP contribution in [-0.2, 0) is 22.4 Å². The predicted molar refractivity (Wildman–Crippen MR) is 129 cm³/mol. The number of hydrogen-bond donors (Lipinski definition) is 9. The van der Waals surface area contributed by atoms with Crippen molar-refractivity contribution < 1.29 is 45.1 Å². The fraction of sp³-hybridized carbons (Fsp3) is 0.167. The zero-order chi connectivity index (χ0) is 27.3. The summed E-state index contributed by atoms with van der Waals surface area (Å²) < 4.78 is 0. The van der Waals surface area contributed by atoms with Gasteiger partial charge in [-0.2, -0.15) is 5.90 Å². The molecule has 0 amide bonds. The quantitative estimate of drug-likeness (QED) is 0.162. The van der Waals surface area contributed by atoms with Gasteiger partial charge in [0, 0.05) is 0 Å². The highest BCUT2D eigenvalue weighted by Gasteiger charge is 2.13. The molecule has 0 aromatic heterocycles. The van der Waals surface area contributed by atoms with E-state index in [4.69, 9.17) is 48.0 Å². The molecule has 194 valence electrons. The molecular formula is C24H29N3O9. The molecule has 2 atom stereocenters. The molecule has 0 aliphatic heterocycles. The highest BCUT2D eigenvalue weighted by atomic mass is 16.6. The van der Waals surface area contributed by atoms with Crippen molar-refractivity contribution in [3.05, 3.63) is 77.9 Å². The standard InChI is InChI=1S/C9H11NO4.C9H11NO3.C6H7NO2/c10-6(9(13)14)3-5-1-2-7(11)8(12)4-5;10-8(9(12)13)5-6-1-3-7(11)4-2-6;7-9-6-4-2-1-3-5(6)8/h1-2,4,6,11-12H,3,10H2,(H,13,14);1-4,8,11H,5,10H2,(H,12,13);1-4,8H,7H2/t6-;8-;/m00./s1. The molecule has 12 nitrogen and oxygen atoms in total. The molecule has 0 heterocycles. The number of carbonyl (C=O) groups is 2. The van der Waals surface area contributed by atoms with E-state index in [1.165, 1.54) is 36.4 Å². The maximum absolute atomic E-state index is 10.4. The molecule has 0 unspecified atom stereocenters. The largest absolute Gasteiger partial charge is 0.508 e. The first kappa shape index (κ1) is 29.5. The molecule has 36 heavy (non-hydrogen) atoms.